The molecule has 8 heteroatoms. The number of rotatable bonds is 6. The number of ether oxygens (including phenoxy) is 1. The number of hydrogen-bond donors (Lipinski definition) is 2. The molecule has 31 heavy (non-hydrogen) atoms. The molecular formula is C23H20N6O2. The highest BCUT2D eigenvalue weighted by molar-refractivity contribution is 5.92. The third-order valence-corrected chi connectivity index (χ3v) is 4.36. The van der Waals surface area contributed by atoms with Gasteiger partial charge in [0.05, 0.1) is 11.4 Å². The van der Waals surface area contributed by atoms with E-state index in [4.69, 9.17) is 10.5 Å². The lowest BCUT2D eigenvalue weighted by molar-refractivity contribution is 0.155. The number of anilines is 2. The zero-order chi connectivity index (χ0) is 21.5. The second-order valence-electron chi connectivity index (χ2n) is 6.55. The third-order valence-electron chi connectivity index (χ3n) is 4.36. The first-order valence-corrected chi connectivity index (χ1v) is 9.59. The number of carbonyl (C=O) groups excluding carboxylic acids is 1. The fourth-order valence-electron chi connectivity index (χ4n) is 2.84. The number of carbonyl (C=O) groups is 1. The molecule has 4 aromatic rings. The van der Waals surface area contributed by atoms with Crippen molar-refractivity contribution < 1.29 is 9.53 Å². The summed E-state index contributed by atoms with van der Waals surface area (Å²) >= 11 is 0. The molecule has 0 aliphatic rings. The summed E-state index contributed by atoms with van der Waals surface area (Å²) in [5.41, 5.74) is 8.75. The van der Waals surface area contributed by atoms with Crippen LogP contribution in [0, 0.1) is 0 Å². The van der Waals surface area contributed by atoms with Crippen LogP contribution in [0.3, 0.4) is 0 Å². The molecule has 1 amide bonds. The normalized spacial score (nSPS) is 10.8. The molecule has 0 atom stereocenters. The Labute approximate surface area is 179 Å². The van der Waals surface area contributed by atoms with Crippen molar-refractivity contribution in [3.8, 4) is 5.69 Å². The summed E-state index contributed by atoms with van der Waals surface area (Å²) in [5.74, 6) is 0.381. The summed E-state index contributed by atoms with van der Waals surface area (Å²) < 4.78 is 6.80. The number of nitrogen functional groups attached to an aromatic ring is 1. The topological polar surface area (TPSA) is 107 Å². The van der Waals surface area contributed by atoms with E-state index in [1.807, 2.05) is 91.0 Å². The van der Waals surface area contributed by atoms with Crippen molar-refractivity contribution in [3.05, 3.63) is 96.6 Å². The fourth-order valence-corrected chi connectivity index (χ4v) is 2.84. The zero-order valence-corrected chi connectivity index (χ0v) is 16.6. The predicted octanol–water partition coefficient (Wildman–Crippen LogP) is 5.62. The molecule has 0 aliphatic carbocycles. The smallest absolute Gasteiger partial charge is 0.412 e. The summed E-state index contributed by atoms with van der Waals surface area (Å²) in [5, 5.41) is 15.5. The van der Waals surface area contributed by atoms with Gasteiger partial charge in [0.2, 0.25) is 5.82 Å². The van der Waals surface area contributed by atoms with Crippen molar-refractivity contribution in [2.75, 3.05) is 11.1 Å². The summed E-state index contributed by atoms with van der Waals surface area (Å²) in [7, 11) is 0. The van der Waals surface area contributed by atoms with Crippen molar-refractivity contribution in [1.82, 2.24) is 9.78 Å². The Morgan fingerprint density at radius 3 is 2.19 bits per heavy atom. The Morgan fingerprint density at radius 1 is 0.903 bits per heavy atom. The summed E-state index contributed by atoms with van der Waals surface area (Å²) in [4.78, 5) is 12.4. The van der Waals surface area contributed by atoms with Crippen molar-refractivity contribution in [2.45, 2.75) is 6.61 Å². The van der Waals surface area contributed by atoms with Crippen molar-refractivity contribution in [2.24, 2.45) is 10.2 Å². The third kappa shape index (κ3) is 4.94. The molecule has 0 saturated carbocycles. The van der Waals surface area contributed by atoms with Gasteiger partial charge in [-0.2, -0.15) is 0 Å². The second-order valence-corrected chi connectivity index (χ2v) is 6.55. The Morgan fingerprint density at radius 2 is 1.52 bits per heavy atom. The molecule has 0 unspecified atom stereocenters. The molecule has 0 fully saturated rings. The Kier molecular flexibility index (Phi) is 5.99. The molecule has 1 heterocycles. The van der Waals surface area contributed by atoms with Gasteiger partial charge in [0.1, 0.15) is 12.3 Å². The number of aromatic nitrogens is 2. The van der Waals surface area contributed by atoms with E-state index in [0.29, 0.717) is 5.69 Å². The molecular weight excluding hydrogens is 392 g/mol. The van der Waals surface area contributed by atoms with Gasteiger partial charge in [-0.05, 0) is 29.8 Å². The standard InChI is InChI=1S/C23H20N6O2/c24-21-20(25-23(30)31-16-17-10-4-1-5-11-17)22(27-26-18-12-6-2-7-13-18)28-29(21)19-14-8-3-9-15-19/h1-15H,16,24H2,(H,25,30). The van der Waals surface area contributed by atoms with E-state index in [2.05, 4.69) is 20.6 Å². The summed E-state index contributed by atoms with van der Waals surface area (Å²) in [6, 6.07) is 27.9. The first-order chi connectivity index (χ1) is 15.2. The van der Waals surface area contributed by atoms with E-state index in [9.17, 15) is 4.79 Å². The molecule has 0 bridgehead atoms. The molecule has 3 N–H and O–H groups in total. The van der Waals surface area contributed by atoms with E-state index < -0.39 is 6.09 Å². The van der Waals surface area contributed by atoms with Crippen LogP contribution in [0.1, 0.15) is 5.56 Å². The van der Waals surface area contributed by atoms with Gasteiger partial charge < -0.3 is 10.5 Å². The van der Waals surface area contributed by atoms with E-state index in [1.165, 1.54) is 4.68 Å². The van der Waals surface area contributed by atoms with Crippen LogP contribution >= 0.6 is 0 Å². The van der Waals surface area contributed by atoms with E-state index in [1.54, 1.807) is 0 Å². The monoisotopic (exact) mass is 412 g/mol. The number of hydrogen-bond acceptors (Lipinski definition) is 6. The van der Waals surface area contributed by atoms with E-state index >= 15 is 0 Å². The van der Waals surface area contributed by atoms with Gasteiger partial charge in [0.25, 0.3) is 0 Å². The van der Waals surface area contributed by atoms with E-state index in [0.717, 1.165) is 11.3 Å². The van der Waals surface area contributed by atoms with Crippen LogP contribution in [-0.4, -0.2) is 15.9 Å². The van der Waals surface area contributed by atoms with Gasteiger partial charge in [0.15, 0.2) is 5.82 Å². The van der Waals surface area contributed by atoms with E-state index in [-0.39, 0.29) is 23.9 Å². The number of nitrogens with two attached hydrogens (primary N) is 1. The molecule has 0 radical (unpaired) electrons. The first-order valence-electron chi connectivity index (χ1n) is 9.59. The predicted molar refractivity (Wildman–Crippen MR) is 119 cm³/mol. The van der Waals surface area contributed by atoms with Gasteiger partial charge in [-0.1, -0.05) is 66.7 Å². The highest BCUT2D eigenvalue weighted by Crippen LogP contribution is 2.33. The lowest BCUT2D eigenvalue weighted by atomic mass is 10.2. The average molecular weight is 412 g/mol. The van der Waals surface area contributed by atoms with Crippen LogP contribution in [0.15, 0.2) is 101 Å². The molecule has 1 aromatic heterocycles. The number of benzene rings is 3. The lowest BCUT2D eigenvalue weighted by Crippen LogP contribution is -2.14. The SMILES string of the molecule is Nc1c(NC(=O)OCc2ccccc2)c(N=Nc2ccccc2)nn1-c1ccccc1. The highest BCUT2D eigenvalue weighted by atomic mass is 16.5. The van der Waals surface area contributed by atoms with Crippen molar-refractivity contribution >= 4 is 29.1 Å². The Balaban J connectivity index is 1.60. The molecule has 3 aromatic carbocycles. The average Bonchev–Trinajstić information content (AvgIpc) is 3.13. The summed E-state index contributed by atoms with van der Waals surface area (Å²) in [6.45, 7) is 0.125. The number of azo groups is 1. The summed E-state index contributed by atoms with van der Waals surface area (Å²) in [6.07, 6.45) is -0.667. The fraction of sp³-hybridized carbons (Fsp3) is 0.0435. The molecule has 154 valence electrons. The van der Waals surface area contributed by atoms with Crippen LogP contribution in [0.4, 0.5) is 27.8 Å². The zero-order valence-electron chi connectivity index (χ0n) is 16.6. The lowest BCUT2D eigenvalue weighted by Gasteiger charge is -2.07. The Bertz CT molecular complexity index is 1170. The molecule has 0 saturated heterocycles. The van der Waals surface area contributed by atoms with Crippen molar-refractivity contribution in [3.63, 3.8) is 0 Å². The largest absolute Gasteiger partial charge is 0.444 e. The van der Waals surface area contributed by atoms with Crippen LogP contribution in [0.5, 0.6) is 0 Å². The maximum absolute atomic E-state index is 12.4. The van der Waals surface area contributed by atoms with Crippen LogP contribution in [0.2, 0.25) is 0 Å². The van der Waals surface area contributed by atoms with Crippen molar-refractivity contribution in [1.29, 1.82) is 0 Å². The maximum Gasteiger partial charge on any atom is 0.412 e. The number of amides is 1. The minimum Gasteiger partial charge on any atom is -0.444 e. The van der Waals surface area contributed by atoms with Gasteiger partial charge in [-0.25, -0.2) is 9.48 Å². The first kappa shape index (κ1) is 19.8. The van der Waals surface area contributed by atoms with Crippen LogP contribution in [0.25, 0.3) is 5.69 Å². The Hall–Kier alpha value is -4.46. The highest BCUT2D eigenvalue weighted by Gasteiger charge is 2.20. The number of nitrogens with one attached hydrogen (secondary N) is 1. The van der Waals surface area contributed by atoms with Gasteiger partial charge in [-0.15, -0.1) is 15.3 Å². The minimum atomic E-state index is -0.667. The molecule has 0 aliphatic heterocycles. The number of nitrogens with zero attached hydrogens (tertiary/aromatic N) is 4. The molecule has 0 spiro atoms. The van der Waals surface area contributed by atoms with Crippen LogP contribution < -0.4 is 11.1 Å². The minimum absolute atomic E-state index is 0.125. The number of para-hydroxylation sites is 1. The second kappa shape index (κ2) is 9.36. The van der Waals surface area contributed by atoms with Gasteiger partial charge in [0, 0.05) is 0 Å². The molecule has 4 rings (SSSR count). The van der Waals surface area contributed by atoms with Gasteiger partial charge in [-0.3, -0.25) is 5.32 Å². The maximum atomic E-state index is 12.4. The van der Waals surface area contributed by atoms with Gasteiger partial charge >= 0.3 is 6.09 Å². The van der Waals surface area contributed by atoms with Crippen LogP contribution in [-0.2, 0) is 11.3 Å². The quantitative estimate of drug-likeness (QED) is 0.401. The molecule has 8 nitrogen and oxygen atoms in total.